The zero-order valence-corrected chi connectivity index (χ0v) is 13.4. The van der Waals surface area contributed by atoms with Crippen LogP contribution in [0, 0.1) is 0 Å². The number of hydrogen-bond donors (Lipinski definition) is 1. The van der Waals surface area contributed by atoms with E-state index >= 15 is 0 Å². The molecule has 5 atom stereocenters. The highest BCUT2D eigenvalue weighted by atomic mass is 127. The molecule has 9 heteroatoms. The lowest BCUT2D eigenvalue weighted by Crippen LogP contribution is -2.37. The number of aromatic nitrogens is 2. The zero-order valence-electron chi connectivity index (χ0n) is 11.3. The van der Waals surface area contributed by atoms with Gasteiger partial charge in [-0.15, -0.1) is 0 Å². The van der Waals surface area contributed by atoms with Crippen molar-refractivity contribution in [2.75, 3.05) is 0 Å². The van der Waals surface area contributed by atoms with Crippen molar-refractivity contribution in [1.29, 1.82) is 0 Å². The van der Waals surface area contributed by atoms with E-state index in [1.165, 1.54) is 16.8 Å². The van der Waals surface area contributed by atoms with Crippen LogP contribution in [0.4, 0.5) is 4.39 Å². The minimum absolute atomic E-state index is 0.511. The number of hydrogen-bond acceptors (Lipinski definition) is 5. The molecule has 21 heavy (non-hydrogen) atoms. The van der Waals surface area contributed by atoms with Gasteiger partial charge in [-0.25, -0.2) is 9.18 Å². The molecule has 2 aliphatic rings. The predicted octanol–water partition coefficient (Wildman–Crippen LogP) is 0.685. The van der Waals surface area contributed by atoms with E-state index in [2.05, 4.69) is 4.98 Å². The zero-order chi connectivity index (χ0) is 15.4. The van der Waals surface area contributed by atoms with Crippen molar-refractivity contribution >= 4 is 22.6 Å². The number of nitrogens with zero attached hydrogens (tertiary/aromatic N) is 1. The molecule has 0 radical (unpaired) electrons. The largest absolute Gasteiger partial charge is 0.345 e. The number of nitrogens with one attached hydrogen (secondary N) is 1. The Bertz CT molecular complexity index is 658. The van der Waals surface area contributed by atoms with E-state index in [1.807, 2.05) is 0 Å². The number of alkyl halides is 2. The van der Waals surface area contributed by atoms with Gasteiger partial charge in [0.2, 0.25) is 0 Å². The van der Waals surface area contributed by atoms with E-state index in [1.54, 1.807) is 36.4 Å². The Hall–Kier alpha value is -0.780. The first-order chi connectivity index (χ1) is 9.78. The second-order valence-electron chi connectivity index (χ2n) is 5.41. The van der Waals surface area contributed by atoms with E-state index in [4.69, 9.17) is 14.2 Å². The van der Waals surface area contributed by atoms with Gasteiger partial charge in [0, 0.05) is 12.3 Å². The van der Waals surface area contributed by atoms with Crippen LogP contribution < -0.4 is 11.2 Å². The summed E-state index contributed by atoms with van der Waals surface area (Å²) in [6, 6.07) is 1.20. The van der Waals surface area contributed by atoms with E-state index in [0.29, 0.717) is 0 Å². The topological polar surface area (TPSA) is 82.6 Å². The smallest absolute Gasteiger partial charge is 0.330 e. The molecule has 7 nitrogen and oxygen atoms in total. The highest BCUT2D eigenvalue weighted by Gasteiger charge is 2.57. The monoisotopic (exact) mass is 412 g/mol. The van der Waals surface area contributed by atoms with Crippen LogP contribution in [0.1, 0.15) is 20.1 Å². The molecule has 116 valence electrons. The summed E-state index contributed by atoms with van der Waals surface area (Å²) in [6.07, 6.45) is -1.63. The number of rotatable bonds is 2. The van der Waals surface area contributed by atoms with Crippen LogP contribution in [0.5, 0.6) is 0 Å². The second-order valence-corrected chi connectivity index (χ2v) is 6.60. The summed E-state index contributed by atoms with van der Waals surface area (Å²) < 4.78 is 30.6. The van der Waals surface area contributed by atoms with Gasteiger partial charge in [0.25, 0.3) is 5.56 Å². The van der Waals surface area contributed by atoms with Crippen molar-refractivity contribution in [1.82, 2.24) is 9.55 Å². The number of ether oxygens (including phenoxy) is 3. The van der Waals surface area contributed by atoms with Crippen molar-refractivity contribution in [2.24, 2.45) is 0 Å². The fraction of sp³-hybridized carbons (Fsp3) is 0.667. The van der Waals surface area contributed by atoms with Crippen LogP contribution in [-0.4, -0.2) is 37.8 Å². The standard InChI is InChI=1S/C12H14FIN2O5/c1-12(2)20-6-7(9(13)14)19-10(8(6)21-12)16-4-3-5(17)15-11(16)18/h3-4,6-10H,1-2H3,(H,15,17,18)/t6-,7+,8-,9?,10-/m1/s1. The van der Waals surface area contributed by atoms with E-state index in [-0.39, 0.29) is 0 Å². The SMILES string of the molecule is CC1(C)O[C@@H]2[C@H](O1)[C@@H](C(F)I)O[C@H]2n1ccc(=O)[nH]c1=O. The average molecular weight is 412 g/mol. The van der Waals surface area contributed by atoms with Gasteiger partial charge in [0.1, 0.15) is 18.3 Å². The first kappa shape index (κ1) is 15.1. The summed E-state index contributed by atoms with van der Waals surface area (Å²) in [5.74, 6) is -0.882. The van der Waals surface area contributed by atoms with Crippen molar-refractivity contribution in [2.45, 2.75) is 48.4 Å². The Morgan fingerprint density at radius 3 is 2.67 bits per heavy atom. The van der Waals surface area contributed by atoms with E-state index in [0.717, 1.165) is 0 Å². The predicted molar refractivity (Wildman–Crippen MR) is 78.0 cm³/mol. The van der Waals surface area contributed by atoms with Crippen molar-refractivity contribution in [3.8, 4) is 0 Å². The number of aromatic amines is 1. The van der Waals surface area contributed by atoms with Crippen molar-refractivity contribution in [3.05, 3.63) is 33.1 Å². The molecule has 2 fully saturated rings. The Balaban J connectivity index is 1.99. The summed E-state index contributed by atoms with van der Waals surface area (Å²) in [7, 11) is 0. The van der Waals surface area contributed by atoms with Gasteiger partial charge in [0.05, 0.1) is 0 Å². The molecule has 1 N–H and O–H groups in total. The maximum absolute atomic E-state index is 13.7. The lowest BCUT2D eigenvalue weighted by Gasteiger charge is -2.24. The summed E-state index contributed by atoms with van der Waals surface area (Å²) in [5, 5.41) is 0. The van der Waals surface area contributed by atoms with Crippen molar-refractivity contribution < 1.29 is 18.6 Å². The summed E-state index contributed by atoms with van der Waals surface area (Å²) >= 11 is 1.60. The molecule has 2 aliphatic heterocycles. The maximum atomic E-state index is 13.7. The van der Waals surface area contributed by atoms with Gasteiger partial charge in [0.15, 0.2) is 16.2 Å². The summed E-state index contributed by atoms with van der Waals surface area (Å²) in [4.78, 5) is 25.2. The Labute approximate surface area is 132 Å². The van der Waals surface area contributed by atoms with Crippen LogP contribution in [0.25, 0.3) is 0 Å². The molecule has 1 unspecified atom stereocenters. The molecule has 0 bridgehead atoms. The minimum atomic E-state index is -1.31. The third-order valence-electron chi connectivity index (χ3n) is 3.44. The van der Waals surface area contributed by atoms with Crippen LogP contribution in [0.2, 0.25) is 0 Å². The molecule has 0 amide bonds. The molecular weight excluding hydrogens is 398 g/mol. The molecule has 0 saturated carbocycles. The normalized spacial score (nSPS) is 35.6. The first-order valence-electron chi connectivity index (χ1n) is 6.39. The number of fused-ring (bicyclic) bond motifs is 1. The highest BCUT2D eigenvalue weighted by molar-refractivity contribution is 14.1. The first-order valence-corrected chi connectivity index (χ1v) is 7.64. The molecule has 3 rings (SSSR count). The lowest BCUT2D eigenvalue weighted by molar-refractivity contribution is -0.199. The molecular formula is C12H14FIN2O5. The molecule has 1 aromatic rings. The molecule has 0 aromatic carbocycles. The minimum Gasteiger partial charge on any atom is -0.345 e. The van der Waals surface area contributed by atoms with Crippen LogP contribution in [0.15, 0.2) is 21.9 Å². The van der Waals surface area contributed by atoms with Gasteiger partial charge < -0.3 is 14.2 Å². The highest BCUT2D eigenvalue weighted by Crippen LogP contribution is 2.44. The summed E-state index contributed by atoms with van der Waals surface area (Å²) in [5.41, 5.74) is -1.15. The molecule has 0 spiro atoms. The Morgan fingerprint density at radius 2 is 2.05 bits per heavy atom. The molecule has 1 aromatic heterocycles. The summed E-state index contributed by atoms with van der Waals surface area (Å²) in [6.45, 7) is 3.44. The van der Waals surface area contributed by atoms with E-state index in [9.17, 15) is 14.0 Å². The third kappa shape index (κ3) is 2.67. The molecule has 0 aliphatic carbocycles. The lowest BCUT2D eigenvalue weighted by atomic mass is 10.1. The fourth-order valence-electron chi connectivity index (χ4n) is 2.66. The van der Waals surface area contributed by atoms with Gasteiger partial charge in [-0.3, -0.25) is 14.3 Å². The van der Waals surface area contributed by atoms with E-state index < -0.39 is 45.8 Å². The van der Waals surface area contributed by atoms with Crippen LogP contribution in [-0.2, 0) is 14.2 Å². The molecule has 2 saturated heterocycles. The average Bonchev–Trinajstić information content (AvgIpc) is 2.82. The fourth-order valence-corrected chi connectivity index (χ4v) is 3.24. The third-order valence-corrected chi connectivity index (χ3v) is 4.15. The quantitative estimate of drug-likeness (QED) is 0.571. The van der Waals surface area contributed by atoms with Crippen molar-refractivity contribution in [3.63, 3.8) is 0 Å². The Kier molecular flexibility index (Phi) is 3.71. The molecule has 3 heterocycles. The van der Waals surface area contributed by atoms with Gasteiger partial charge in [-0.1, -0.05) is 0 Å². The van der Waals surface area contributed by atoms with Crippen LogP contribution >= 0.6 is 22.6 Å². The van der Waals surface area contributed by atoms with Gasteiger partial charge in [-0.2, -0.15) is 0 Å². The number of H-pyrrole nitrogens is 1. The van der Waals surface area contributed by atoms with Gasteiger partial charge in [-0.05, 0) is 36.4 Å². The van der Waals surface area contributed by atoms with Crippen LogP contribution in [0.3, 0.4) is 0 Å². The Morgan fingerprint density at radius 1 is 1.38 bits per heavy atom. The maximum Gasteiger partial charge on any atom is 0.330 e. The van der Waals surface area contributed by atoms with Gasteiger partial charge >= 0.3 is 5.69 Å². The second kappa shape index (κ2) is 5.14. The number of halogens is 2.